The van der Waals surface area contributed by atoms with Gasteiger partial charge in [-0.3, -0.25) is 0 Å². The molecule has 0 aromatic heterocycles. The molecule has 3 nitrogen and oxygen atoms in total. The van der Waals surface area contributed by atoms with Crippen LogP contribution in [0.3, 0.4) is 0 Å². The molecule has 166 valence electrons. The van der Waals surface area contributed by atoms with E-state index in [1.807, 2.05) is 55.5 Å². The van der Waals surface area contributed by atoms with Crippen LogP contribution >= 0.6 is 23.5 Å². The van der Waals surface area contributed by atoms with Crippen molar-refractivity contribution in [3.05, 3.63) is 101 Å². The van der Waals surface area contributed by atoms with Gasteiger partial charge in [-0.25, -0.2) is 8.42 Å². The second-order valence-electron chi connectivity index (χ2n) is 7.87. The van der Waals surface area contributed by atoms with Crippen LogP contribution in [0.25, 0.3) is 0 Å². The fraction of sp³-hybridized carbons (Fsp3) is 0.231. The van der Waals surface area contributed by atoms with Crippen molar-refractivity contribution in [1.29, 1.82) is 0 Å². The van der Waals surface area contributed by atoms with E-state index in [0.717, 1.165) is 17.7 Å². The molecule has 1 fully saturated rings. The number of rotatable bonds is 7. The third-order valence-corrected chi connectivity index (χ3v) is 9.56. The van der Waals surface area contributed by atoms with Crippen molar-refractivity contribution in [2.24, 2.45) is 5.92 Å². The van der Waals surface area contributed by atoms with Crippen molar-refractivity contribution in [3.8, 4) is 0 Å². The van der Waals surface area contributed by atoms with Crippen molar-refractivity contribution in [2.75, 3.05) is 18.8 Å². The average molecular weight is 482 g/mol. The van der Waals surface area contributed by atoms with Crippen LogP contribution in [-0.4, -0.2) is 31.6 Å². The number of nitrogens with zero attached hydrogens (tertiary/aromatic N) is 1. The van der Waals surface area contributed by atoms with E-state index >= 15 is 0 Å². The summed E-state index contributed by atoms with van der Waals surface area (Å²) in [7, 11) is -3.50. The summed E-state index contributed by atoms with van der Waals surface area (Å²) in [6.45, 7) is 3.00. The van der Waals surface area contributed by atoms with E-state index in [9.17, 15) is 8.42 Å². The zero-order valence-corrected chi connectivity index (χ0v) is 20.5. The summed E-state index contributed by atoms with van der Waals surface area (Å²) in [5, 5.41) is 2.24. The highest BCUT2D eigenvalue weighted by Crippen LogP contribution is 2.34. The normalized spacial score (nSPS) is 18.7. The molecule has 3 aromatic carbocycles. The highest BCUT2D eigenvalue weighted by molar-refractivity contribution is 8.02. The molecule has 4 rings (SSSR count). The van der Waals surface area contributed by atoms with E-state index in [2.05, 4.69) is 29.7 Å². The minimum absolute atomic E-state index is 0.172. The highest BCUT2D eigenvalue weighted by Gasteiger charge is 2.32. The summed E-state index contributed by atoms with van der Waals surface area (Å²) in [6.07, 6.45) is 0.755. The third-order valence-electron chi connectivity index (χ3n) is 5.54. The maximum atomic E-state index is 13.3. The van der Waals surface area contributed by atoms with Gasteiger partial charge in [-0.05, 0) is 55.2 Å². The first-order valence-electron chi connectivity index (χ1n) is 10.7. The predicted molar refractivity (Wildman–Crippen MR) is 136 cm³/mol. The van der Waals surface area contributed by atoms with Crippen LogP contribution in [0.1, 0.15) is 12.0 Å². The molecule has 0 spiro atoms. The van der Waals surface area contributed by atoms with Crippen molar-refractivity contribution >= 4 is 33.5 Å². The van der Waals surface area contributed by atoms with E-state index in [-0.39, 0.29) is 5.92 Å². The molecule has 1 saturated heterocycles. The zero-order valence-electron chi connectivity index (χ0n) is 18.1. The smallest absolute Gasteiger partial charge is 0.207 e. The largest absolute Gasteiger partial charge is 0.243 e. The van der Waals surface area contributed by atoms with Gasteiger partial charge in [-0.15, -0.1) is 11.8 Å². The maximum absolute atomic E-state index is 13.3. The Morgan fingerprint density at radius 3 is 2.19 bits per heavy atom. The maximum Gasteiger partial charge on any atom is 0.243 e. The van der Waals surface area contributed by atoms with E-state index in [0.29, 0.717) is 18.0 Å². The summed E-state index contributed by atoms with van der Waals surface area (Å²) in [4.78, 5) is 2.79. The Hall–Kier alpha value is -1.99. The molecule has 0 radical (unpaired) electrons. The minimum atomic E-state index is -3.50. The van der Waals surface area contributed by atoms with Crippen molar-refractivity contribution in [3.63, 3.8) is 0 Å². The van der Waals surface area contributed by atoms with E-state index < -0.39 is 10.0 Å². The minimum Gasteiger partial charge on any atom is -0.207 e. The van der Waals surface area contributed by atoms with Crippen LogP contribution in [0.15, 0.2) is 111 Å². The van der Waals surface area contributed by atoms with Crippen LogP contribution in [0.5, 0.6) is 0 Å². The molecule has 0 aliphatic carbocycles. The Morgan fingerprint density at radius 2 is 1.53 bits per heavy atom. The molecule has 0 N–H and O–H groups in total. The Labute approximate surface area is 200 Å². The van der Waals surface area contributed by atoms with E-state index in [1.165, 1.54) is 15.4 Å². The second kappa shape index (κ2) is 10.8. The molecule has 1 aliphatic rings. The third kappa shape index (κ3) is 5.87. The molecule has 1 unspecified atom stereocenters. The molecule has 1 atom stereocenters. The van der Waals surface area contributed by atoms with Gasteiger partial charge in [0.2, 0.25) is 10.0 Å². The number of piperidine rings is 1. The van der Waals surface area contributed by atoms with Gasteiger partial charge in [-0.1, -0.05) is 71.4 Å². The lowest BCUT2D eigenvalue weighted by molar-refractivity contribution is 0.339. The Kier molecular flexibility index (Phi) is 7.79. The van der Waals surface area contributed by atoms with Gasteiger partial charge in [0.1, 0.15) is 0 Å². The predicted octanol–water partition coefficient (Wildman–Crippen LogP) is 6.47. The Balaban J connectivity index is 1.54. The number of sulfonamides is 1. The first-order valence-corrected chi connectivity index (χ1v) is 14.0. The van der Waals surface area contributed by atoms with Crippen molar-refractivity contribution in [1.82, 2.24) is 4.31 Å². The molecule has 3 aromatic rings. The molecule has 1 heterocycles. The van der Waals surface area contributed by atoms with Gasteiger partial charge in [0.25, 0.3) is 0 Å². The Morgan fingerprint density at radius 1 is 0.906 bits per heavy atom. The van der Waals surface area contributed by atoms with Gasteiger partial charge in [0, 0.05) is 34.6 Å². The molecule has 1 aliphatic heterocycles. The number of hydrogen-bond donors (Lipinski definition) is 0. The number of benzene rings is 3. The summed E-state index contributed by atoms with van der Waals surface area (Å²) in [5.41, 5.74) is 2.39. The molecule has 0 bridgehead atoms. The van der Waals surface area contributed by atoms with E-state index in [4.69, 9.17) is 0 Å². The monoisotopic (exact) mass is 481 g/mol. The number of aryl methyl sites for hydroxylation is 1. The first kappa shape index (κ1) is 23.2. The Bertz CT molecular complexity index is 1140. The van der Waals surface area contributed by atoms with Crippen LogP contribution < -0.4 is 0 Å². The van der Waals surface area contributed by atoms with Gasteiger partial charge < -0.3 is 0 Å². The summed E-state index contributed by atoms with van der Waals surface area (Å²) in [5.74, 6) is 1.02. The molecule has 32 heavy (non-hydrogen) atoms. The number of hydrogen-bond acceptors (Lipinski definition) is 4. The first-order chi connectivity index (χ1) is 15.5. The van der Waals surface area contributed by atoms with Crippen LogP contribution in [0.2, 0.25) is 0 Å². The van der Waals surface area contributed by atoms with Gasteiger partial charge in [-0.2, -0.15) is 4.31 Å². The fourth-order valence-electron chi connectivity index (χ4n) is 3.66. The zero-order chi connectivity index (χ0) is 22.4. The van der Waals surface area contributed by atoms with Crippen molar-refractivity contribution < 1.29 is 8.42 Å². The van der Waals surface area contributed by atoms with Crippen LogP contribution in [0, 0.1) is 12.8 Å². The van der Waals surface area contributed by atoms with Crippen LogP contribution in [0.4, 0.5) is 0 Å². The second-order valence-corrected chi connectivity index (χ2v) is 11.8. The van der Waals surface area contributed by atoms with Gasteiger partial charge >= 0.3 is 0 Å². The summed E-state index contributed by atoms with van der Waals surface area (Å²) in [6, 6.07) is 27.8. The lowest BCUT2D eigenvalue weighted by atomic mass is 9.96. The highest BCUT2D eigenvalue weighted by atomic mass is 32.2. The average Bonchev–Trinajstić information content (AvgIpc) is 2.83. The standard InChI is InChI=1S/C26H27NO2S3/c1-21-12-14-26(15-13-21)32(28,29)27-17-16-22(19-30-24-8-4-2-5-9-24)23(18-27)20-31-25-10-6-3-7-11-25/h2-15,19,23H,16-18,20H2,1H3/b22-19+. The molecule has 0 saturated carbocycles. The summed E-state index contributed by atoms with van der Waals surface area (Å²) >= 11 is 3.51. The lowest BCUT2D eigenvalue weighted by Gasteiger charge is -2.34. The quantitative estimate of drug-likeness (QED) is 0.362. The topological polar surface area (TPSA) is 37.4 Å². The van der Waals surface area contributed by atoms with Gasteiger partial charge in [0.05, 0.1) is 4.90 Å². The fourth-order valence-corrected chi connectivity index (χ4v) is 7.12. The lowest BCUT2D eigenvalue weighted by Crippen LogP contribution is -2.41. The molecule has 0 amide bonds. The molecule has 6 heteroatoms. The van der Waals surface area contributed by atoms with Gasteiger partial charge in [0.15, 0.2) is 0 Å². The van der Waals surface area contributed by atoms with E-state index in [1.54, 1.807) is 40.0 Å². The number of thioether (sulfide) groups is 2. The van der Waals surface area contributed by atoms with Crippen molar-refractivity contribution in [2.45, 2.75) is 28.0 Å². The molecular formula is C26H27NO2S3. The van der Waals surface area contributed by atoms with Crippen LogP contribution in [-0.2, 0) is 10.0 Å². The SMILES string of the molecule is Cc1ccc(S(=O)(=O)N2CC/C(=C\Sc3ccccc3)C(CSc3ccccc3)C2)cc1. The summed E-state index contributed by atoms with van der Waals surface area (Å²) < 4.78 is 28.3. The molecular weight excluding hydrogens is 454 g/mol.